The second-order valence-electron chi connectivity index (χ2n) is 3.70. The SMILES string of the molecule is C=C(/C=C/OCC)CCOCc1ccccc1. The van der Waals surface area contributed by atoms with E-state index >= 15 is 0 Å². The van der Waals surface area contributed by atoms with Gasteiger partial charge >= 0.3 is 0 Å². The lowest BCUT2D eigenvalue weighted by Crippen LogP contribution is -1.96. The summed E-state index contributed by atoms with van der Waals surface area (Å²) >= 11 is 0. The zero-order chi connectivity index (χ0) is 12.3. The van der Waals surface area contributed by atoms with Crippen LogP contribution in [0.15, 0.2) is 54.8 Å². The maximum atomic E-state index is 5.56. The summed E-state index contributed by atoms with van der Waals surface area (Å²) in [6.45, 7) is 7.91. The molecule has 2 nitrogen and oxygen atoms in total. The molecule has 17 heavy (non-hydrogen) atoms. The molecule has 92 valence electrons. The van der Waals surface area contributed by atoms with Crippen molar-refractivity contribution in [3.63, 3.8) is 0 Å². The summed E-state index contributed by atoms with van der Waals surface area (Å²) in [7, 11) is 0. The number of hydrogen-bond acceptors (Lipinski definition) is 2. The molecule has 1 aromatic carbocycles. The summed E-state index contributed by atoms with van der Waals surface area (Å²) in [4.78, 5) is 0. The molecule has 0 saturated carbocycles. The van der Waals surface area contributed by atoms with E-state index in [9.17, 15) is 0 Å². The first-order valence-corrected chi connectivity index (χ1v) is 5.90. The van der Waals surface area contributed by atoms with Crippen LogP contribution in [0.25, 0.3) is 0 Å². The Morgan fingerprint density at radius 1 is 1.29 bits per heavy atom. The molecule has 0 aromatic heterocycles. The normalized spacial score (nSPS) is 10.6. The third-order valence-electron chi connectivity index (χ3n) is 2.25. The highest BCUT2D eigenvalue weighted by molar-refractivity contribution is 5.14. The van der Waals surface area contributed by atoms with Crippen molar-refractivity contribution in [1.29, 1.82) is 0 Å². The molecule has 0 aliphatic heterocycles. The molecule has 0 aliphatic carbocycles. The van der Waals surface area contributed by atoms with Crippen molar-refractivity contribution >= 4 is 0 Å². The molecule has 0 atom stereocenters. The van der Waals surface area contributed by atoms with Gasteiger partial charge < -0.3 is 9.47 Å². The van der Waals surface area contributed by atoms with Gasteiger partial charge in [-0.15, -0.1) is 0 Å². The van der Waals surface area contributed by atoms with E-state index in [1.165, 1.54) is 5.56 Å². The van der Waals surface area contributed by atoms with Crippen LogP contribution < -0.4 is 0 Å². The van der Waals surface area contributed by atoms with Crippen molar-refractivity contribution in [2.45, 2.75) is 20.0 Å². The fourth-order valence-electron chi connectivity index (χ4n) is 1.29. The Morgan fingerprint density at radius 2 is 2.06 bits per heavy atom. The van der Waals surface area contributed by atoms with Gasteiger partial charge in [0.25, 0.3) is 0 Å². The van der Waals surface area contributed by atoms with Crippen molar-refractivity contribution in [1.82, 2.24) is 0 Å². The minimum absolute atomic E-state index is 0.656. The molecule has 0 fully saturated rings. The molecule has 0 unspecified atom stereocenters. The van der Waals surface area contributed by atoms with Crippen molar-refractivity contribution in [3.8, 4) is 0 Å². The Morgan fingerprint density at radius 3 is 2.76 bits per heavy atom. The summed E-state index contributed by atoms with van der Waals surface area (Å²) in [5.41, 5.74) is 2.22. The molecule has 0 bridgehead atoms. The van der Waals surface area contributed by atoms with E-state index in [1.807, 2.05) is 31.2 Å². The van der Waals surface area contributed by atoms with E-state index < -0.39 is 0 Å². The van der Waals surface area contributed by atoms with Crippen molar-refractivity contribution in [2.24, 2.45) is 0 Å². The van der Waals surface area contributed by atoms with Gasteiger partial charge in [-0.3, -0.25) is 0 Å². The highest BCUT2D eigenvalue weighted by atomic mass is 16.5. The first-order chi connectivity index (χ1) is 8.33. The number of rotatable bonds is 8. The molecule has 1 aromatic rings. The van der Waals surface area contributed by atoms with Gasteiger partial charge in [0.05, 0.1) is 26.1 Å². The van der Waals surface area contributed by atoms with Crippen LogP contribution in [-0.4, -0.2) is 13.2 Å². The van der Waals surface area contributed by atoms with E-state index in [2.05, 4.69) is 18.7 Å². The van der Waals surface area contributed by atoms with Gasteiger partial charge in [-0.2, -0.15) is 0 Å². The van der Waals surface area contributed by atoms with Crippen LogP contribution >= 0.6 is 0 Å². The molecule has 0 radical (unpaired) electrons. The molecule has 0 aliphatic rings. The quantitative estimate of drug-likeness (QED) is 0.386. The molecule has 1 rings (SSSR count). The maximum absolute atomic E-state index is 5.56. The van der Waals surface area contributed by atoms with Gasteiger partial charge in [0.2, 0.25) is 0 Å². The third-order valence-corrected chi connectivity index (χ3v) is 2.25. The summed E-state index contributed by atoms with van der Waals surface area (Å²) in [5, 5.41) is 0. The first-order valence-electron chi connectivity index (χ1n) is 5.90. The van der Waals surface area contributed by atoms with E-state index in [-0.39, 0.29) is 0 Å². The molecule has 0 amide bonds. The number of benzene rings is 1. The Bertz CT molecular complexity index is 341. The van der Waals surface area contributed by atoms with Crippen LogP contribution in [0.1, 0.15) is 18.9 Å². The monoisotopic (exact) mass is 232 g/mol. The average molecular weight is 232 g/mol. The van der Waals surface area contributed by atoms with Crippen molar-refractivity contribution < 1.29 is 9.47 Å². The van der Waals surface area contributed by atoms with Crippen LogP contribution in [-0.2, 0) is 16.1 Å². The fourth-order valence-corrected chi connectivity index (χ4v) is 1.29. The summed E-state index contributed by atoms with van der Waals surface area (Å²) in [5.74, 6) is 0. The molecule has 0 saturated heterocycles. The smallest absolute Gasteiger partial charge is 0.0845 e. The van der Waals surface area contributed by atoms with Crippen molar-refractivity contribution in [2.75, 3.05) is 13.2 Å². The molecule has 0 spiro atoms. The van der Waals surface area contributed by atoms with E-state index in [0.717, 1.165) is 12.0 Å². The Hall–Kier alpha value is -1.54. The molecular weight excluding hydrogens is 212 g/mol. The molecular formula is C15H20O2. The lowest BCUT2D eigenvalue weighted by atomic mass is 10.2. The minimum atomic E-state index is 0.656. The lowest BCUT2D eigenvalue weighted by Gasteiger charge is -2.04. The van der Waals surface area contributed by atoms with E-state index in [1.54, 1.807) is 6.26 Å². The Balaban J connectivity index is 2.10. The predicted molar refractivity (Wildman–Crippen MR) is 70.6 cm³/mol. The standard InChI is InChI=1S/C15H20O2/c1-3-16-11-9-14(2)10-12-17-13-15-7-5-4-6-8-15/h4-9,11H,2-3,10,12-13H2,1H3/b11-9+. The molecule has 0 heterocycles. The molecule has 0 N–H and O–H groups in total. The first kappa shape index (κ1) is 13.5. The second kappa shape index (κ2) is 8.59. The Labute approximate surface area is 104 Å². The van der Waals surface area contributed by atoms with Gasteiger partial charge in [-0.1, -0.05) is 36.9 Å². The number of hydrogen-bond donors (Lipinski definition) is 0. The van der Waals surface area contributed by atoms with Crippen molar-refractivity contribution in [3.05, 3.63) is 60.4 Å². The summed E-state index contributed by atoms with van der Waals surface area (Å²) in [6.07, 6.45) is 4.39. The van der Waals surface area contributed by atoms with Gasteiger partial charge in [0.15, 0.2) is 0 Å². The van der Waals surface area contributed by atoms with Crippen LogP contribution in [0, 0.1) is 0 Å². The number of ether oxygens (including phenoxy) is 2. The van der Waals surface area contributed by atoms with Crippen LogP contribution in [0.5, 0.6) is 0 Å². The summed E-state index contributed by atoms with van der Waals surface area (Å²) in [6, 6.07) is 10.2. The van der Waals surface area contributed by atoms with E-state index in [4.69, 9.17) is 9.47 Å². The van der Waals surface area contributed by atoms with E-state index in [0.29, 0.717) is 19.8 Å². The van der Waals surface area contributed by atoms with Crippen LogP contribution in [0.2, 0.25) is 0 Å². The zero-order valence-corrected chi connectivity index (χ0v) is 10.4. The number of allylic oxidation sites excluding steroid dienone is 1. The van der Waals surface area contributed by atoms with Gasteiger partial charge in [0.1, 0.15) is 0 Å². The minimum Gasteiger partial charge on any atom is -0.501 e. The summed E-state index contributed by atoms with van der Waals surface area (Å²) < 4.78 is 10.7. The second-order valence-corrected chi connectivity index (χ2v) is 3.70. The maximum Gasteiger partial charge on any atom is 0.0845 e. The highest BCUT2D eigenvalue weighted by Crippen LogP contribution is 2.04. The largest absolute Gasteiger partial charge is 0.501 e. The molecule has 2 heteroatoms. The van der Waals surface area contributed by atoms with Crippen LogP contribution in [0.4, 0.5) is 0 Å². The lowest BCUT2D eigenvalue weighted by molar-refractivity contribution is 0.124. The third kappa shape index (κ3) is 6.59. The van der Waals surface area contributed by atoms with Gasteiger partial charge in [-0.05, 0) is 30.6 Å². The average Bonchev–Trinajstić information content (AvgIpc) is 2.36. The predicted octanol–water partition coefficient (Wildman–Crippen LogP) is 3.70. The van der Waals surface area contributed by atoms with Gasteiger partial charge in [0, 0.05) is 0 Å². The Kier molecular flexibility index (Phi) is 6.84. The fraction of sp³-hybridized carbons (Fsp3) is 0.333. The van der Waals surface area contributed by atoms with Gasteiger partial charge in [-0.25, -0.2) is 0 Å². The highest BCUT2D eigenvalue weighted by Gasteiger charge is 1.93. The zero-order valence-electron chi connectivity index (χ0n) is 10.4. The van der Waals surface area contributed by atoms with Crippen LogP contribution in [0.3, 0.4) is 0 Å². The topological polar surface area (TPSA) is 18.5 Å².